The number of carbonyl (C=O) groups is 3. The maximum absolute atomic E-state index is 12.6. The lowest BCUT2D eigenvalue weighted by Crippen LogP contribution is -2.60. The first kappa shape index (κ1) is 23.0. The van der Waals surface area contributed by atoms with Crippen LogP contribution < -0.4 is 0 Å². The van der Waals surface area contributed by atoms with Crippen LogP contribution in [0.25, 0.3) is 0 Å². The van der Waals surface area contributed by atoms with E-state index < -0.39 is 64.9 Å². The van der Waals surface area contributed by atoms with Gasteiger partial charge in [0.15, 0.2) is 17.3 Å². The standard InChI is InChI=1S/C24H32O8/c1-12-7-9-16(29-14(3)25)22(5)17(30-15(4)26)10-8-13(2)19(22)20(27)24-18(11-12)31-21(28)23(24,6)32-24/h8,11,16-20,27H,7,9-10H2,1-6H3/b12-11-/t16-,17+,18+,19?,20?,22+,23+,24?/m1/s1. The van der Waals surface area contributed by atoms with Crippen molar-refractivity contribution < 1.29 is 38.4 Å². The van der Waals surface area contributed by atoms with E-state index in [1.54, 1.807) is 6.92 Å². The van der Waals surface area contributed by atoms with Crippen LogP contribution in [0.15, 0.2) is 23.3 Å². The first-order chi connectivity index (χ1) is 14.9. The minimum absolute atomic E-state index is 0.432. The second-order valence-corrected chi connectivity index (χ2v) is 9.97. The zero-order valence-corrected chi connectivity index (χ0v) is 19.5. The SMILES string of the molecule is CC(=O)O[C@H]1CC=C(C)C2C(O)C34O[C@@]3(C)C(=O)O[C@H]4/C=C(/C)CC[C@@H](OC(C)=O)[C@]21C. The smallest absolute Gasteiger partial charge is 0.342 e. The van der Waals surface area contributed by atoms with Crippen molar-refractivity contribution in [3.63, 3.8) is 0 Å². The summed E-state index contributed by atoms with van der Waals surface area (Å²) >= 11 is 0. The average Bonchev–Trinajstić information content (AvgIpc) is 3.28. The number of esters is 3. The number of ether oxygens (including phenoxy) is 4. The van der Waals surface area contributed by atoms with Gasteiger partial charge in [0.05, 0.1) is 11.5 Å². The Morgan fingerprint density at radius 2 is 1.75 bits per heavy atom. The fourth-order valence-corrected chi connectivity index (χ4v) is 6.21. The zero-order valence-electron chi connectivity index (χ0n) is 19.5. The number of aliphatic hydroxyl groups is 1. The molecule has 32 heavy (non-hydrogen) atoms. The summed E-state index contributed by atoms with van der Waals surface area (Å²) in [6.45, 7) is 10.0. The fourth-order valence-electron chi connectivity index (χ4n) is 6.21. The number of epoxide rings is 1. The molecule has 2 aliphatic heterocycles. The monoisotopic (exact) mass is 448 g/mol. The largest absolute Gasteiger partial charge is 0.462 e. The lowest BCUT2D eigenvalue weighted by Gasteiger charge is -2.52. The number of fused-ring (bicyclic) bond motifs is 1. The molecular weight excluding hydrogens is 416 g/mol. The second-order valence-electron chi connectivity index (χ2n) is 9.97. The molecule has 2 heterocycles. The highest BCUT2D eigenvalue weighted by Crippen LogP contribution is 2.64. The quantitative estimate of drug-likeness (QED) is 0.297. The Morgan fingerprint density at radius 3 is 2.34 bits per heavy atom. The van der Waals surface area contributed by atoms with Crippen molar-refractivity contribution in [3.05, 3.63) is 23.3 Å². The lowest BCUT2D eigenvalue weighted by molar-refractivity contribution is -0.190. The molecule has 0 bridgehead atoms. The number of aliphatic hydroxyl groups excluding tert-OH is 1. The summed E-state index contributed by atoms with van der Waals surface area (Å²) in [7, 11) is 0. The molecule has 0 aromatic rings. The zero-order chi connectivity index (χ0) is 23.6. The van der Waals surface area contributed by atoms with E-state index in [2.05, 4.69) is 0 Å². The minimum atomic E-state index is -1.26. The van der Waals surface area contributed by atoms with Gasteiger partial charge in [0, 0.05) is 26.2 Å². The van der Waals surface area contributed by atoms with Crippen LogP contribution in [-0.2, 0) is 33.3 Å². The Balaban J connectivity index is 1.90. The van der Waals surface area contributed by atoms with Gasteiger partial charge in [-0.15, -0.1) is 0 Å². The van der Waals surface area contributed by atoms with Crippen LogP contribution in [0.1, 0.15) is 60.8 Å². The van der Waals surface area contributed by atoms with Gasteiger partial charge in [0.1, 0.15) is 12.2 Å². The van der Waals surface area contributed by atoms with Crippen molar-refractivity contribution in [2.75, 3.05) is 0 Å². The Kier molecular flexibility index (Phi) is 5.33. The predicted molar refractivity (Wildman–Crippen MR) is 112 cm³/mol. The summed E-state index contributed by atoms with van der Waals surface area (Å²) in [5.41, 5.74) is -1.68. The maximum Gasteiger partial charge on any atom is 0.342 e. The van der Waals surface area contributed by atoms with E-state index in [4.69, 9.17) is 18.9 Å². The van der Waals surface area contributed by atoms with Gasteiger partial charge in [-0.25, -0.2) is 4.79 Å². The van der Waals surface area contributed by atoms with E-state index in [0.29, 0.717) is 19.3 Å². The highest BCUT2D eigenvalue weighted by atomic mass is 16.7. The molecule has 0 amide bonds. The van der Waals surface area contributed by atoms with Crippen molar-refractivity contribution in [2.45, 2.75) is 96.4 Å². The maximum atomic E-state index is 12.6. The summed E-state index contributed by atoms with van der Waals surface area (Å²) in [5.74, 6) is -2.00. The van der Waals surface area contributed by atoms with Gasteiger partial charge in [-0.2, -0.15) is 0 Å². The summed E-state index contributed by atoms with van der Waals surface area (Å²) < 4.78 is 23.2. The molecule has 2 aliphatic carbocycles. The Bertz CT molecular complexity index is 921. The summed E-state index contributed by atoms with van der Waals surface area (Å²) in [6, 6.07) is 0. The van der Waals surface area contributed by atoms with Crippen LogP contribution in [0.3, 0.4) is 0 Å². The lowest BCUT2D eigenvalue weighted by atomic mass is 9.57. The van der Waals surface area contributed by atoms with Gasteiger partial charge >= 0.3 is 17.9 Å². The van der Waals surface area contributed by atoms with Gasteiger partial charge in [-0.3, -0.25) is 9.59 Å². The molecule has 2 fully saturated rings. The average molecular weight is 449 g/mol. The molecule has 4 aliphatic rings. The molecule has 1 spiro atoms. The van der Waals surface area contributed by atoms with Gasteiger partial charge in [0.25, 0.3) is 0 Å². The molecule has 3 unspecified atom stereocenters. The van der Waals surface area contributed by atoms with Crippen LogP contribution in [0.5, 0.6) is 0 Å². The number of hydrogen-bond acceptors (Lipinski definition) is 8. The molecule has 4 rings (SSSR count). The minimum Gasteiger partial charge on any atom is -0.462 e. The summed E-state index contributed by atoms with van der Waals surface area (Å²) in [5, 5.41) is 11.9. The van der Waals surface area contributed by atoms with Crippen molar-refractivity contribution >= 4 is 17.9 Å². The third-order valence-corrected chi connectivity index (χ3v) is 7.93. The number of carbonyl (C=O) groups excluding carboxylic acids is 3. The van der Waals surface area contributed by atoms with Gasteiger partial charge in [0.2, 0.25) is 0 Å². The van der Waals surface area contributed by atoms with Crippen molar-refractivity contribution in [3.8, 4) is 0 Å². The van der Waals surface area contributed by atoms with E-state index in [1.807, 2.05) is 32.9 Å². The molecule has 0 aromatic heterocycles. The molecule has 8 nitrogen and oxygen atoms in total. The highest BCUT2D eigenvalue weighted by molar-refractivity contribution is 5.89. The number of rotatable bonds is 2. The van der Waals surface area contributed by atoms with Crippen LogP contribution in [0.4, 0.5) is 0 Å². The van der Waals surface area contributed by atoms with Crippen molar-refractivity contribution in [2.24, 2.45) is 11.3 Å². The number of allylic oxidation sites excluding steroid dienone is 1. The molecule has 2 saturated heterocycles. The van der Waals surface area contributed by atoms with E-state index in [9.17, 15) is 19.5 Å². The molecule has 176 valence electrons. The fraction of sp³-hybridized carbons (Fsp3) is 0.708. The topological polar surface area (TPSA) is 112 Å². The Hall–Kier alpha value is -2.19. The molecule has 0 radical (unpaired) electrons. The highest BCUT2D eigenvalue weighted by Gasteiger charge is 2.85. The van der Waals surface area contributed by atoms with Gasteiger partial charge < -0.3 is 24.1 Å². The number of hydrogen-bond donors (Lipinski definition) is 1. The van der Waals surface area contributed by atoms with Gasteiger partial charge in [-0.05, 0) is 39.7 Å². The molecular formula is C24H32O8. The third kappa shape index (κ3) is 3.06. The molecule has 8 atom stereocenters. The van der Waals surface area contributed by atoms with Gasteiger partial charge in [-0.1, -0.05) is 24.1 Å². The molecule has 0 aromatic carbocycles. The van der Waals surface area contributed by atoms with Crippen LogP contribution in [0, 0.1) is 11.3 Å². The van der Waals surface area contributed by atoms with E-state index >= 15 is 0 Å². The van der Waals surface area contributed by atoms with Crippen molar-refractivity contribution in [1.82, 2.24) is 0 Å². The third-order valence-electron chi connectivity index (χ3n) is 7.93. The predicted octanol–water partition coefficient (Wildman–Crippen LogP) is 2.38. The van der Waals surface area contributed by atoms with E-state index in [1.165, 1.54) is 13.8 Å². The first-order valence-electron chi connectivity index (χ1n) is 11.2. The van der Waals surface area contributed by atoms with E-state index in [0.717, 1.165) is 11.1 Å². The molecule has 1 N–H and O–H groups in total. The van der Waals surface area contributed by atoms with Crippen LogP contribution in [0.2, 0.25) is 0 Å². The Labute approximate surface area is 187 Å². The first-order valence-corrected chi connectivity index (χ1v) is 11.2. The van der Waals surface area contributed by atoms with E-state index in [-0.39, 0.29) is 0 Å². The molecule has 0 saturated carbocycles. The second kappa shape index (κ2) is 7.42. The Morgan fingerprint density at radius 1 is 1.12 bits per heavy atom. The van der Waals surface area contributed by atoms with Crippen LogP contribution in [-0.4, -0.2) is 58.6 Å². The normalized spacial score (nSPS) is 46.8. The summed E-state index contributed by atoms with van der Waals surface area (Å²) in [6.07, 6.45) is 2.09. The van der Waals surface area contributed by atoms with Crippen molar-refractivity contribution in [1.29, 1.82) is 0 Å². The van der Waals surface area contributed by atoms with Crippen LogP contribution >= 0.6 is 0 Å². The molecule has 8 heteroatoms. The summed E-state index contributed by atoms with van der Waals surface area (Å²) in [4.78, 5) is 36.7.